The highest BCUT2D eigenvalue weighted by molar-refractivity contribution is 7.25. The van der Waals surface area contributed by atoms with E-state index in [0.29, 0.717) is 0 Å². The van der Waals surface area contributed by atoms with Crippen molar-refractivity contribution in [3.63, 3.8) is 0 Å². The second kappa shape index (κ2) is 12.2. The van der Waals surface area contributed by atoms with Gasteiger partial charge in [0.25, 0.3) is 0 Å². The number of fused-ring (bicyclic) bond motifs is 6. The van der Waals surface area contributed by atoms with Crippen LogP contribution in [-0.2, 0) is 0 Å². The fourth-order valence-electron chi connectivity index (χ4n) is 7.64. The molecule has 8 aromatic carbocycles. The Kier molecular flexibility index (Phi) is 7.04. The third-order valence-electron chi connectivity index (χ3n) is 9.98. The van der Waals surface area contributed by atoms with Crippen LogP contribution in [0.1, 0.15) is 0 Å². The Morgan fingerprint density at radius 1 is 0.373 bits per heavy atom. The minimum Gasteiger partial charge on any atom is -0.310 e. The maximum Gasteiger partial charge on any atom is 0.0619 e. The van der Waals surface area contributed by atoms with Gasteiger partial charge in [0, 0.05) is 59.3 Å². The summed E-state index contributed by atoms with van der Waals surface area (Å²) in [7, 11) is 0. The molecule has 0 amide bonds. The van der Waals surface area contributed by atoms with Crippen LogP contribution in [0.15, 0.2) is 194 Å². The minimum atomic E-state index is 1.11. The number of anilines is 3. The van der Waals surface area contributed by atoms with E-state index in [1.54, 1.807) is 0 Å². The van der Waals surface area contributed by atoms with Gasteiger partial charge in [-0.05, 0) is 83.4 Å². The zero-order valence-corrected chi connectivity index (χ0v) is 28.6. The number of aromatic nitrogens is 1. The molecule has 0 radical (unpaired) electrons. The van der Waals surface area contributed by atoms with E-state index in [2.05, 4.69) is 204 Å². The van der Waals surface area contributed by atoms with Gasteiger partial charge in [-0.3, -0.25) is 0 Å². The second-order valence-corrected chi connectivity index (χ2v) is 14.1. The molecule has 0 saturated heterocycles. The third-order valence-corrected chi connectivity index (χ3v) is 11.1. The lowest BCUT2D eigenvalue weighted by Crippen LogP contribution is -2.10. The molecule has 0 bridgehead atoms. The lowest BCUT2D eigenvalue weighted by molar-refractivity contribution is 1.18. The Morgan fingerprint density at radius 2 is 1.00 bits per heavy atom. The van der Waals surface area contributed by atoms with Gasteiger partial charge in [0.2, 0.25) is 0 Å². The van der Waals surface area contributed by atoms with Crippen molar-refractivity contribution in [2.45, 2.75) is 0 Å². The second-order valence-electron chi connectivity index (χ2n) is 13.0. The predicted molar refractivity (Wildman–Crippen MR) is 219 cm³/mol. The van der Waals surface area contributed by atoms with E-state index in [-0.39, 0.29) is 0 Å². The highest BCUT2D eigenvalue weighted by atomic mass is 32.1. The van der Waals surface area contributed by atoms with Crippen LogP contribution in [0.25, 0.3) is 69.9 Å². The highest BCUT2D eigenvalue weighted by Crippen LogP contribution is 2.43. The molecule has 0 aliphatic rings. The van der Waals surface area contributed by atoms with E-state index in [4.69, 9.17) is 0 Å². The molecule has 2 aromatic heterocycles. The van der Waals surface area contributed by atoms with Gasteiger partial charge >= 0.3 is 0 Å². The Bertz CT molecular complexity index is 2850. The summed E-state index contributed by atoms with van der Waals surface area (Å²) in [6.07, 6.45) is 0. The number of rotatable bonds is 6. The molecule has 51 heavy (non-hydrogen) atoms. The van der Waals surface area contributed by atoms with Crippen LogP contribution < -0.4 is 4.90 Å². The standard InChI is InChI=1S/C48H32N2S/c1-3-13-33(14-4-1)35-15-11-18-38(31-35)49(39-29-30-47-44(32-39)42-20-8-10-24-46(42)51-47)37-27-25-34(26-28-37)40-21-12-22-43-41-19-7-9-23-45(41)50(48(40)43)36-16-5-2-6-17-36/h1-32H. The molecule has 2 heterocycles. The average Bonchev–Trinajstić information content (AvgIpc) is 3.75. The van der Waals surface area contributed by atoms with Gasteiger partial charge in [0.1, 0.15) is 0 Å². The van der Waals surface area contributed by atoms with Crippen molar-refractivity contribution in [1.29, 1.82) is 0 Å². The van der Waals surface area contributed by atoms with E-state index in [9.17, 15) is 0 Å². The SMILES string of the molecule is c1ccc(-c2cccc(N(c3ccc(-c4cccc5c6ccccc6n(-c6ccccc6)c45)cc3)c3ccc4sc5ccccc5c4c3)c2)cc1. The zero-order chi connectivity index (χ0) is 33.7. The van der Waals surface area contributed by atoms with Crippen molar-refractivity contribution in [2.75, 3.05) is 4.90 Å². The smallest absolute Gasteiger partial charge is 0.0619 e. The first kappa shape index (κ1) is 29.5. The van der Waals surface area contributed by atoms with Crippen LogP contribution in [0.5, 0.6) is 0 Å². The summed E-state index contributed by atoms with van der Waals surface area (Å²) < 4.78 is 5.03. The number of hydrogen-bond acceptors (Lipinski definition) is 2. The van der Waals surface area contributed by atoms with Gasteiger partial charge < -0.3 is 9.47 Å². The first-order valence-electron chi connectivity index (χ1n) is 17.4. The van der Waals surface area contributed by atoms with E-state index in [0.717, 1.165) is 22.7 Å². The van der Waals surface area contributed by atoms with Crippen molar-refractivity contribution in [3.05, 3.63) is 194 Å². The number of hydrogen-bond donors (Lipinski definition) is 0. The van der Waals surface area contributed by atoms with Gasteiger partial charge in [-0.25, -0.2) is 0 Å². The summed E-state index contributed by atoms with van der Waals surface area (Å²) in [5.41, 5.74) is 11.7. The summed E-state index contributed by atoms with van der Waals surface area (Å²) in [6.45, 7) is 0. The topological polar surface area (TPSA) is 8.17 Å². The molecule has 240 valence electrons. The molecular formula is C48H32N2S. The zero-order valence-electron chi connectivity index (χ0n) is 27.8. The maximum atomic E-state index is 2.41. The first-order valence-corrected chi connectivity index (χ1v) is 18.2. The van der Waals surface area contributed by atoms with Crippen LogP contribution in [0.3, 0.4) is 0 Å². The molecule has 0 unspecified atom stereocenters. The molecule has 10 rings (SSSR count). The van der Waals surface area contributed by atoms with Crippen molar-refractivity contribution in [2.24, 2.45) is 0 Å². The van der Waals surface area contributed by atoms with Crippen molar-refractivity contribution >= 4 is 70.4 Å². The van der Waals surface area contributed by atoms with Crippen LogP contribution in [0.4, 0.5) is 17.1 Å². The van der Waals surface area contributed by atoms with Crippen molar-refractivity contribution in [3.8, 4) is 27.9 Å². The maximum absolute atomic E-state index is 2.41. The Balaban J connectivity index is 1.15. The van der Waals surface area contributed by atoms with Gasteiger partial charge in [-0.2, -0.15) is 0 Å². The lowest BCUT2D eigenvalue weighted by atomic mass is 10.0. The van der Waals surface area contributed by atoms with Gasteiger partial charge in [-0.1, -0.05) is 127 Å². The molecule has 0 fully saturated rings. The fourth-order valence-corrected chi connectivity index (χ4v) is 8.73. The van der Waals surface area contributed by atoms with E-state index in [1.807, 2.05) is 11.3 Å². The number of thiophene rings is 1. The monoisotopic (exact) mass is 668 g/mol. The molecule has 0 N–H and O–H groups in total. The molecule has 2 nitrogen and oxygen atoms in total. The largest absolute Gasteiger partial charge is 0.310 e. The van der Waals surface area contributed by atoms with Gasteiger partial charge in [0.15, 0.2) is 0 Å². The van der Waals surface area contributed by atoms with Crippen molar-refractivity contribution < 1.29 is 0 Å². The molecule has 0 aliphatic heterocycles. The molecule has 10 aromatic rings. The molecular weight excluding hydrogens is 637 g/mol. The Labute approximate surface area is 300 Å². The average molecular weight is 669 g/mol. The fraction of sp³-hybridized carbons (Fsp3) is 0. The Hall–Kier alpha value is -6.42. The normalized spacial score (nSPS) is 11.5. The number of benzene rings is 8. The summed E-state index contributed by atoms with van der Waals surface area (Å²) in [5.74, 6) is 0. The highest BCUT2D eigenvalue weighted by Gasteiger charge is 2.19. The van der Waals surface area contributed by atoms with E-state index < -0.39 is 0 Å². The van der Waals surface area contributed by atoms with Crippen molar-refractivity contribution in [1.82, 2.24) is 4.57 Å². The number of para-hydroxylation sites is 3. The van der Waals surface area contributed by atoms with Crippen LogP contribution in [-0.4, -0.2) is 4.57 Å². The third kappa shape index (κ3) is 5.01. The molecule has 0 saturated carbocycles. The van der Waals surface area contributed by atoms with Gasteiger partial charge in [-0.15, -0.1) is 11.3 Å². The summed E-state index contributed by atoms with van der Waals surface area (Å²) in [5, 5.41) is 5.10. The molecule has 0 atom stereocenters. The first-order chi connectivity index (χ1) is 25.3. The number of nitrogens with zero attached hydrogens (tertiary/aromatic N) is 2. The quantitative estimate of drug-likeness (QED) is 0.171. The molecule has 3 heteroatoms. The summed E-state index contributed by atoms with van der Waals surface area (Å²) >= 11 is 1.85. The summed E-state index contributed by atoms with van der Waals surface area (Å²) in [6, 6.07) is 70.4. The van der Waals surface area contributed by atoms with Crippen LogP contribution in [0, 0.1) is 0 Å². The van der Waals surface area contributed by atoms with Crippen LogP contribution >= 0.6 is 11.3 Å². The van der Waals surface area contributed by atoms with Crippen LogP contribution in [0.2, 0.25) is 0 Å². The van der Waals surface area contributed by atoms with E-state index in [1.165, 1.54) is 64.2 Å². The minimum absolute atomic E-state index is 1.11. The molecule has 0 aliphatic carbocycles. The Morgan fingerprint density at radius 3 is 1.84 bits per heavy atom. The lowest BCUT2D eigenvalue weighted by Gasteiger charge is -2.26. The molecule has 0 spiro atoms. The van der Waals surface area contributed by atoms with E-state index >= 15 is 0 Å². The predicted octanol–water partition coefficient (Wildman–Crippen LogP) is 14.0. The summed E-state index contributed by atoms with van der Waals surface area (Å²) in [4.78, 5) is 2.39. The van der Waals surface area contributed by atoms with Gasteiger partial charge in [0.05, 0.1) is 11.0 Å².